The van der Waals surface area contributed by atoms with Gasteiger partial charge in [-0.2, -0.15) is 0 Å². The second kappa shape index (κ2) is 15.1. The van der Waals surface area contributed by atoms with E-state index in [4.69, 9.17) is 14.9 Å². The molecule has 0 saturated carbocycles. The van der Waals surface area contributed by atoms with Crippen molar-refractivity contribution in [3.05, 3.63) is 12.2 Å². The topological polar surface area (TPSA) is 76.0 Å². The van der Waals surface area contributed by atoms with E-state index in [1.165, 1.54) is 0 Å². The van der Waals surface area contributed by atoms with Crippen LogP contribution in [0.5, 0.6) is 0 Å². The zero-order valence-corrected chi connectivity index (χ0v) is 10.8. The third kappa shape index (κ3) is 17.7. The summed E-state index contributed by atoms with van der Waals surface area (Å²) in [6.45, 7) is 7.07. The Morgan fingerprint density at radius 2 is 1.94 bits per heavy atom. The molecule has 0 rings (SSSR count). The van der Waals surface area contributed by atoms with Gasteiger partial charge in [0.2, 0.25) is 0 Å². The van der Waals surface area contributed by atoms with Crippen LogP contribution in [-0.4, -0.2) is 49.7 Å². The van der Waals surface area contributed by atoms with Crippen molar-refractivity contribution in [2.24, 2.45) is 0 Å². The number of unbranched alkanes of at least 4 members (excludes halogenated alkanes) is 1. The van der Waals surface area contributed by atoms with Crippen molar-refractivity contribution in [1.29, 1.82) is 0 Å². The van der Waals surface area contributed by atoms with Crippen LogP contribution in [-0.2, 0) is 14.3 Å². The predicted molar refractivity (Wildman–Crippen MR) is 66.1 cm³/mol. The van der Waals surface area contributed by atoms with Gasteiger partial charge in [0.1, 0.15) is 0 Å². The summed E-state index contributed by atoms with van der Waals surface area (Å²) in [5.74, 6) is -0.872. The van der Waals surface area contributed by atoms with Crippen molar-refractivity contribution in [2.45, 2.75) is 26.2 Å². The number of aliphatic hydroxyl groups excluding tert-OH is 1. The van der Waals surface area contributed by atoms with E-state index in [1.54, 1.807) is 7.11 Å². The highest BCUT2D eigenvalue weighted by molar-refractivity contribution is 5.85. The number of carbonyl (C=O) groups is 1. The summed E-state index contributed by atoms with van der Waals surface area (Å²) >= 11 is 0. The molecule has 17 heavy (non-hydrogen) atoms. The van der Waals surface area contributed by atoms with Crippen molar-refractivity contribution in [3.8, 4) is 0 Å². The highest BCUT2D eigenvalue weighted by Crippen LogP contribution is 2.03. The van der Waals surface area contributed by atoms with Crippen molar-refractivity contribution in [2.75, 3.05) is 33.5 Å². The summed E-state index contributed by atoms with van der Waals surface area (Å²) in [7, 11) is 1.61. The normalized spacial score (nSPS) is 9.35. The Balaban J connectivity index is 0. The number of carboxylic acids is 1. The SMILES string of the molecule is C=C(CCCC)C(=O)O.COCCOCCO. The number of aliphatic carboxylic acids is 1. The molecular formula is C12H24O5. The number of methoxy groups -OCH3 is 1. The Morgan fingerprint density at radius 3 is 2.35 bits per heavy atom. The van der Waals surface area contributed by atoms with Gasteiger partial charge in [0.25, 0.3) is 0 Å². The highest BCUT2D eigenvalue weighted by atomic mass is 16.5. The minimum atomic E-state index is -0.872. The summed E-state index contributed by atoms with van der Waals surface area (Å²) in [6.07, 6.45) is 2.56. The minimum absolute atomic E-state index is 0.0870. The lowest BCUT2D eigenvalue weighted by Gasteiger charge is -1.98. The van der Waals surface area contributed by atoms with E-state index in [0.29, 0.717) is 31.8 Å². The average Bonchev–Trinajstić information content (AvgIpc) is 2.32. The van der Waals surface area contributed by atoms with E-state index in [2.05, 4.69) is 11.3 Å². The van der Waals surface area contributed by atoms with Crippen molar-refractivity contribution in [3.63, 3.8) is 0 Å². The molecule has 0 aliphatic carbocycles. The van der Waals surface area contributed by atoms with Gasteiger partial charge in [0.15, 0.2) is 0 Å². The Morgan fingerprint density at radius 1 is 1.29 bits per heavy atom. The van der Waals surface area contributed by atoms with Gasteiger partial charge in [-0.25, -0.2) is 4.79 Å². The van der Waals surface area contributed by atoms with Crippen LogP contribution in [0.3, 0.4) is 0 Å². The molecule has 0 aromatic heterocycles. The lowest BCUT2D eigenvalue weighted by atomic mass is 10.1. The van der Waals surface area contributed by atoms with Gasteiger partial charge in [-0.1, -0.05) is 19.9 Å². The van der Waals surface area contributed by atoms with Crippen LogP contribution in [0.15, 0.2) is 12.2 Å². The molecule has 0 spiro atoms. The number of rotatable bonds is 9. The number of aliphatic hydroxyl groups is 1. The largest absolute Gasteiger partial charge is 0.478 e. The first kappa shape index (κ1) is 18.5. The van der Waals surface area contributed by atoms with E-state index in [-0.39, 0.29) is 6.61 Å². The van der Waals surface area contributed by atoms with Gasteiger partial charge in [-0.3, -0.25) is 0 Å². The van der Waals surface area contributed by atoms with Crippen LogP contribution in [0, 0.1) is 0 Å². The van der Waals surface area contributed by atoms with Crippen LogP contribution in [0.1, 0.15) is 26.2 Å². The van der Waals surface area contributed by atoms with Crippen LogP contribution >= 0.6 is 0 Å². The number of hydrogen-bond acceptors (Lipinski definition) is 4. The number of ether oxygens (including phenoxy) is 2. The van der Waals surface area contributed by atoms with Gasteiger partial charge in [-0.05, 0) is 12.8 Å². The van der Waals surface area contributed by atoms with E-state index < -0.39 is 5.97 Å². The summed E-state index contributed by atoms with van der Waals surface area (Å²) < 4.78 is 9.53. The van der Waals surface area contributed by atoms with E-state index in [0.717, 1.165) is 12.8 Å². The quantitative estimate of drug-likeness (QED) is 0.477. The maximum atomic E-state index is 10.1. The molecule has 0 amide bonds. The molecule has 5 nitrogen and oxygen atoms in total. The smallest absolute Gasteiger partial charge is 0.330 e. The Kier molecular flexibility index (Phi) is 16.4. The molecule has 0 saturated heterocycles. The maximum absolute atomic E-state index is 10.1. The van der Waals surface area contributed by atoms with Crippen LogP contribution in [0.2, 0.25) is 0 Å². The van der Waals surface area contributed by atoms with Crippen LogP contribution in [0.25, 0.3) is 0 Å². The molecular weight excluding hydrogens is 224 g/mol. The van der Waals surface area contributed by atoms with Crippen molar-refractivity contribution in [1.82, 2.24) is 0 Å². The molecule has 102 valence electrons. The fourth-order valence-corrected chi connectivity index (χ4v) is 0.806. The fourth-order valence-electron chi connectivity index (χ4n) is 0.806. The van der Waals surface area contributed by atoms with Crippen LogP contribution in [0.4, 0.5) is 0 Å². The van der Waals surface area contributed by atoms with Gasteiger partial charge >= 0.3 is 5.97 Å². The Bertz CT molecular complexity index is 185. The second-order valence-electron chi connectivity index (χ2n) is 3.34. The highest BCUT2D eigenvalue weighted by Gasteiger charge is 2.00. The predicted octanol–water partition coefficient (Wildman–Crippen LogP) is 1.46. The molecule has 0 aromatic rings. The molecule has 0 aliphatic rings. The lowest BCUT2D eigenvalue weighted by molar-refractivity contribution is -0.132. The lowest BCUT2D eigenvalue weighted by Crippen LogP contribution is -2.05. The van der Waals surface area contributed by atoms with Gasteiger partial charge < -0.3 is 19.7 Å². The first-order chi connectivity index (χ1) is 8.09. The number of carboxylic acid groups (broad SMARTS) is 1. The molecule has 0 bridgehead atoms. The third-order valence-electron chi connectivity index (χ3n) is 1.80. The van der Waals surface area contributed by atoms with E-state index in [1.807, 2.05) is 6.92 Å². The van der Waals surface area contributed by atoms with E-state index in [9.17, 15) is 4.79 Å². The van der Waals surface area contributed by atoms with Crippen molar-refractivity contribution < 1.29 is 24.5 Å². The molecule has 0 radical (unpaired) electrons. The maximum Gasteiger partial charge on any atom is 0.330 e. The first-order valence-electron chi connectivity index (χ1n) is 5.68. The van der Waals surface area contributed by atoms with E-state index >= 15 is 0 Å². The standard InChI is InChI=1S/C7H12O2.C5H12O3/c1-3-4-5-6(2)7(8)9;1-7-4-5-8-3-2-6/h2-5H2,1H3,(H,8,9);6H,2-5H2,1H3. The molecule has 0 heterocycles. The zero-order valence-electron chi connectivity index (χ0n) is 10.8. The van der Waals surface area contributed by atoms with Gasteiger partial charge in [0, 0.05) is 12.7 Å². The molecule has 0 atom stereocenters. The second-order valence-corrected chi connectivity index (χ2v) is 3.34. The Hall–Kier alpha value is -0.910. The number of hydrogen-bond donors (Lipinski definition) is 2. The third-order valence-corrected chi connectivity index (χ3v) is 1.80. The minimum Gasteiger partial charge on any atom is -0.478 e. The molecule has 0 aromatic carbocycles. The molecule has 5 heteroatoms. The Labute approximate surface area is 103 Å². The fraction of sp³-hybridized carbons (Fsp3) is 0.750. The molecule has 0 unspecified atom stereocenters. The molecule has 2 N–H and O–H groups in total. The van der Waals surface area contributed by atoms with Gasteiger partial charge in [-0.15, -0.1) is 0 Å². The molecule has 0 fully saturated rings. The first-order valence-corrected chi connectivity index (χ1v) is 5.68. The zero-order chi connectivity index (χ0) is 13.5. The average molecular weight is 248 g/mol. The summed E-state index contributed by atoms with van der Waals surface area (Å²) in [6, 6.07) is 0. The molecule has 0 aliphatic heterocycles. The van der Waals surface area contributed by atoms with Crippen LogP contribution < -0.4 is 0 Å². The summed E-state index contributed by atoms with van der Waals surface area (Å²) in [4.78, 5) is 10.1. The monoisotopic (exact) mass is 248 g/mol. The summed E-state index contributed by atoms with van der Waals surface area (Å²) in [5, 5.41) is 16.5. The van der Waals surface area contributed by atoms with Crippen molar-refractivity contribution >= 4 is 5.97 Å². The summed E-state index contributed by atoms with van der Waals surface area (Å²) in [5.41, 5.74) is 0.317. The van der Waals surface area contributed by atoms with Gasteiger partial charge in [0.05, 0.1) is 26.4 Å².